The molecule has 264 valence electrons. The summed E-state index contributed by atoms with van der Waals surface area (Å²) in [5.74, 6) is -0.928. The Balaban J connectivity index is 2.65. The molecular formula is C38H55N3O6S. The maximum Gasteiger partial charge on any atom is 0.408 e. The lowest BCUT2D eigenvalue weighted by molar-refractivity contribution is -0.159. The van der Waals surface area contributed by atoms with Crippen LogP contribution in [0.15, 0.2) is 61.2 Å². The smallest absolute Gasteiger partial charge is 0.408 e. The van der Waals surface area contributed by atoms with E-state index in [1.54, 1.807) is 71.5 Å². The zero-order valence-electron chi connectivity index (χ0n) is 30.0. The van der Waals surface area contributed by atoms with Crippen LogP contribution in [0.25, 0.3) is 6.08 Å². The third-order valence-electron chi connectivity index (χ3n) is 7.20. The van der Waals surface area contributed by atoms with Crippen LogP contribution >= 0.6 is 11.8 Å². The lowest BCUT2D eigenvalue weighted by Gasteiger charge is -2.35. The number of thioether (sulfide) groups is 1. The van der Waals surface area contributed by atoms with Crippen molar-refractivity contribution >= 4 is 41.7 Å². The van der Waals surface area contributed by atoms with Gasteiger partial charge in [-0.25, -0.2) is 9.59 Å². The molecule has 0 spiro atoms. The van der Waals surface area contributed by atoms with E-state index < -0.39 is 53.2 Å². The number of ether oxygens (including phenoxy) is 2. The van der Waals surface area contributed by atoms with Crippen LogP contribution in [0.1, 0.15) is 96.9 Å². The summed E-state index contributed by atoms with van der Waals surface area (Å²) < 4.78 is 11.2. The van der Waals surface area contributed by atoms with E-state index in [2.05, 4.69) is 24.1 Å². The number of nitrogens with one attached hydrogen (secondary N) is 2. The molecule has 0 aromatic heterocycles. The fourth-order valence-electron chi connectivity index (χ4n) is 5.04. The molecule has 0 aliphatic carbocycles. The Morgan fingerprint density at radius 3 is 2.15 bits per heavy atom. The Hall–Kier alpha value is -3.79. The minimum atomic E-state index is -1.12. The average Bonchev–Trinajstić information content (AvgIpc) is 3.00. The fraction of sp³-hybridized carbons (Fsp3) is 0.526. The van der Waals surface area contributed by atoms with Gasteiger partial charge in [0.15, 0.2) is 0 Å². The highest BCUT2D eigenvalue weighted by atomic mass is 32.2. The monoisotopic (exact) mass is 681 g/mol. The van der Waals surface area contributed by atoms with Gasteiger partial charge in [-0.2, -0.15) is 11.8 Å². The van der Waals surface area contributed by atoms with E-state index in [1.807, 2.05) is 48.7 Å². The number of alkyl carbamates (subject to hydrolysis) is 1. The minimum absolute atomic E-state index is 0.196. The Bertz CT molecular complexity index is 1350. The van der Waals surface area contributed by atoms with Crippen molar-refractivity contribution in [3.63, 3.8) is 0 Å². The van der Waals surface area contributed by atoms with Crippen molar-refractivity contribution in [3.8, 4) is 0 Å². The lowest BCUT2D eigenvalue weighted by Crippen LogP contribution is -2.55. The van der Waals surface area contributed by atoms with Crippen LogP contribution in [0.4, 0.5) is 4.79 Å². The number of hydrogen-bond acceptors (Lipinski definition) is 7. The maximum absolute atomic E-state index is 14.6. The quantitative estimate of drug-likeness (QED) is 0.135. The number of nitrogens with zero attached hydrogens (tertiary/aromatic N) is 1. The Morgan fingerprint density at radius 1 is 0.896 bits per heavy atom. The van der Waals surface area contributed by atoms with Gasteiger partial charge in [0.2, 0.25) is 11.8 Å². The molecule has 2 aromatic carbocycles. The second-order valence-corrected chi connectivity index (χ2v) is 14.8. The van der Waals surface area contributed by atoms with Crippen molar-refractivity contribution in [3.05, 3.63) is 77.9 Å². The van der Waals surface area contributed by atoms with E-state index in [9.17, 15) is 19.2 Å². The number of unbranched alkanes of at least 4 members (excludes halogenated alkanes) is 2. The van der Waals surface area contributed by atoms with Gasteiger partial charge in [0.25, 0.3) is 0 Å². The molecule has 0 bridgehead atoms. The zero-order chi connectivity index (χ0) is 35.9. The largest absolute Gasteiger partial charge is 0.458 e. The zero-order valence-corrected chi connectivity index (χ0v) is 30.8. The van der Waals surface area contributed by atoms with E-state index in [-0.39, 0.29) is 13.0 Å². The van der Waals surface area contributed by atoms with Crippen LogP contribution in [0.2, 0.25) is 0 Å². The molecule has 10 heteroatoms. The first-order valence-corrected chi connectivity index (χ1v) is 18.1. The normalized spacial score (nSPS) is 13.4. The SMILES string of the molecule is C=Cc1cccc(C(C(=O)NC(Cc2ccccc2)C(=O)OC(C)(C)C)N(CCCCC)C(=O)C(CCSC)NC(=O)OC(C)(C)C)c1. The van der Waals surface area contributed by atoms with Crippen molar-refractivity contribution in [2.24, 2.45) is 0 Å². The first-order valence-electron chi connectivity index (χ1n) is 16.7. The van der Waals surface area contributed by atoms with Crippen molar-refractivity contribution < 1.29 is 28.7 Å². The summed E-state index contributed by atoms with van der Waals surface area (Å²) in [5, 5.41) is 5.73. The van der Waals surface area contributed by atoms with Crippen LogP contribution in [0, 0.1) is 0 Å². The summed E-state index contributed by atoms with van der Waals surface area (Å²) in [5.41, 5.74) is 0.617. The standard InChI is InChI=1S/C38H55N3O6S/c1-10-12-16-23-41(34(43)30(22-24-48-9)40-36(45)47-38(6,7)8)32(29-21-17-20-27(11-2)25-29)33(42)39-31(35(44)46-37(3,4)5)26-28-18-14-13-15-19-28/h11,13-15,17-21,25,30-32H,2,10,12,16,22-24,26H2,1,3-9H3,(H,39,42)(H,40,45). The van der Waals surface area contributed by atoms with Crippen molar-refractivity contribution in [2.75, 3.05) is 18.6 Å². The molecule has 3 amide bonds. The van der Waals surface area contributed by atoms with Gasteiger partial charge >= 0.3 is 12.1 Å². The van der Waals surface area contributed by atoms with Crippen LogP contribution in [0.3, 0.4) is 0 Å². The van der Waals surface area contributed by atoms with Gasteiger partial charge in [0.1, 0.15) is 29.3 Å². The molecule has 2 rings (SSSR count). The highest BCUT2D eigenvalue weighted by Gasteiger charge is 2.38. The van der Waals surface area contributed by atoms with E-state index >= 15 is 0 Å². The lowest BCUT2D eigenvalue weighted by atomic mass is 9.98. The number of carbonyl (C=O) groups is 4. The van der Waals surface area contributed by atoms with Gasteiger partial charge < -0.3 is 25.0 Å². The predicted molar refractivity (Wildman–Crippen MR) is 195 cm³/mol. The molecule has 0 radical (unpaired) electrons. The first-order chi connectivity index (χ1) is 22.6. The molecular weight excluding hydrogens is 627 g/mol. The topological polar surface area (TPSA) is 114 Å². The number of amides is 3. The molecule has 9 nitrogen and oxygen atoms in total. The molecule has 48 heavy (non-hydrogen) atoms. The number of rotatable bonds is 17. The highest BCUT2D eigenvalue weighted by Crippen LogP contribution is 2.26. The predicted octanol–water partition coefficient (Wildman–Crippen LogP) is 7.11. The molecule has 2 N–H and O–H groups in total. The third-order valence-corrected chi connectivity index (χ3v) is 7.84. The van der Waals surface area contributed by atoms with Crippen molar-refractivity contribution in [1.29, 1.82) is 0 Å². The van der Waals surface area contributed by atoms with Gasteiger partial charge in [0.05, 0.1) is 0 Å². The average molecular weight is 682 g/mol. The van der Waals surface area contributed by atoms with Crippen molar-refractivity contribution in [2.45, 2.75) is 110 Å². The summed E-state index contributed by atoms with van der Waals surface area (Å²) in [6.07, 6.45) is 5.77. The van der Waals surface area contributed by atoms with Crippen LogP contribution in [-0.2, 0) is 30.3 Å². The molecule has 2 aromatic rings. The van der Waals surface area contributed by atoms with E-state index in [0.29, 0.717) is 24.2 Å². The molecule has 0 aliphatic rings. The Kier molecular flexibility index (Phi) is 16.2. The van der Waals surface area contributed by atoms with E-state index in [1.165, 1.54) is 4.90 Å². The van der Waals surface area contributed by atoms with Gasteiger partial charge in [-0.15, -0.1) is 0 Å². The number of benzene rings is 2. The molecule has 0 saturated carbocycles. The summed E-state index contributed by atoms with van der Waals surface area (Å²) in [4.78, 5) is 57.2. The summed E-state index contributed by atoms with van der Waals surface area (Å²) >= 11 is 1.55. The minimum Gasteiger partial charge on any atom is -0.458 e. The van der Waals surface area contributed by atoms with Crippen LogP contribution in [-0.4, -0.2) is 70.6 Å². The second-order valence-electron chi connectivity index (χ2n) is 13.8. The van der Waals surface area contributed by atoms with E-state index in [0.717, 1.165) is 24.0 Å². The highest BCUT2D eigenvalue weighted by molar-refractivity contribution is 7.98. The number of esters is 1. The molecule has 0 aliphatic heterocycles. The molecule has 0 heterocycles. The van der Waals surface area contributed by atoms with E-state index in [4.69, 9.17) is 9.47 Å². The molecule has 0 fully saturated rings. The summed E-state index contributed by atoms with van der Waals surface area (Å²) in [6.45, 7) is 16.8. The second kappa shape index (κ2) is 19.3. The van der Waals surface area contributed by atoms with Gasteiger partial charge in [-0.05, 0) is 89.1 Å². The molecule has 3 unspecified atom stereocenters. The van der Waals surface area contributed by atoms with Gasteiger partial charge in [-0.3, -0.25) is 9.59 Å². The Labute approximate surface area is 291 Å². The van der Waals surface area contributed by atoms with Gasteiger partial charge in [0, 0.05) is 13.0 Å². The molecule has 3 atom stereocenters. The van der Waals surface area contributed by atoms with Crippen molar-refractivity contribution in [1.82, 2.24) is 15.5 Å². The van der Waals surface area contributed by atoms with Crippen LogP contribution in [0.5, 0.6) is 0 Å². The third kappa shape index (κ3) is 14.1. The number of hydrogen-bond donors (Lipinski definition) is 2. The fourth-order valence-corrected chi connectivity index (χ4v) is 5.51. The first kappa shape index (κ1) is 40.4. The van der Waals surface area contributed by atoms with Crippen LogP contribution < -0.4 is 10.6 Å². The summed E-state index contributed by atoms with van der Waals surface area (Å²) in [7, 11) is 0. The molecule has 0 saturated heterocycles. The Morgan fingerprint density at radius 2 is 1.56 bits per heavy atom. The maximum atomic E-state index is 14.6. The number of carbonyl (C=O) groups excluding carboxylic acids is 4. The summed E-state index contributed by atoms with van der Waals surface area (Å²) in [6, 6.07) is 13.6. The van der Waals surface area contributed by atoms with Gasteiger partial charge in [-0.1, -0.05) is 81.0 Å².